The predicted octanol–water partition coefficient (Wildman–Crippen LogP) is 2.53. The Labute approximate surface area is 107 Å². The number of rotatable bonds is 5. The molecule has 2 rings (SSSR count). The molecule has 1 heterocycles. The number of carboxylic acids is 1. The summed E-state index contributed by atoms with van der Waals surface area (Å²) < 4.78 is 5.08. The number of aromatic nitrogens is 1. The van der Waals surface area contributed by atoms with Gasteiger partial charge in [0.2, 0.25) is 0 Å². The van der Waals surface area contributed by atoms with Crippen molar-refractivity contribution in [2.24, 2.45) is 0 Å². The molecule has 100 valence electrons. The van der Waals surface area contributed by atoms with Crippen LogP contribution in [0.1, 0.15) is 55.3 Å². The van der Waals surface area contributed by atoms with Gasteiger partial charge in [-0.15, -0.1) is 0 Å². The van der Waals surface area contributed by atoms with E-state index in [-0.39, 0.29) is 5.69 Å². The van der Waals surface area contributed by atoms with Gasteiger partial charge >= 0.3 is 5.97 Å². The average Bonchev–Trinajstić information content (AvgIpc) is 2.86. The Morgan fingerprint density at radius 3 is 2.78 bits per heavy atom. The van der Waals surface area contributed by atoms with Crippen molar-refractivity contribution in [2.45, 2.75) is 51.6 Å². The molecule has 0 bridgehead atoms. The molecule has 1 aliphatic carbocycles. The van der Waals surface area contributed by atoms with Crippen LogP contribution in [-0.2, 0) is 6.54 Å². The molecular formula is C13H20N2O3. The van der Waals surface area contributed by atoms with Gasteiger partial charge in [-0.3, -0.25) is 4.90 Å². The number of aromatic carboxylic acids is 1. The fraction of sp³-hybridized carbons (Fsp3) is 0.692. The maximum atomic E-state index is 10.7. The van der Waals surface area contributed by atoms with Gasteiger partial charge in [-0.1, -0.05) is 31.3 Å². The molecule has 0 unspecified atom stereocenters. The minimum absolute atomic E-state index is 0.00954. The molecule has 1 aromatic heterocycles. The van der Waals surface area contributed by atoms with Crippen LogP contribution < -0.4 is 0 Å². The summed E-state index contributed by atoms with van der Waals surface area (Å²) in [6.07, 6.45) is 6.37. The van der Waals surface area contributed by atoms with E-state index in [0.29, 0.717) is 18.3 Å². The Morgan fingerprint density at radius 2 is 2.22 bits per heavy atom. The first-order chi connectivity index (χ1) is 8.70. The lowest BCUT2D eigenvalue weighted by atomic mass is 9.94. The zero-order valence-electron chi connectivity index (χ0n) is 10.8. The molecule has 1 aromatic rings. The first kappa shape index (κ1) is 13.1. The maximum absolute atomic E-state index is 10.7. The van der Waals surface area contributed by atoms with Crippen LogP contribution >= 0.6 is 0 Å². The van der Waals surface area contributed by atoms with Gasteiger partial charge in [0.05, 0.1) is 6.54 Å². The molecule has 0 atom stereocenters. The summed E-state index contributed by atoms with van der Waals surface area (Å²) in [4.78, 5) is 13.1. The molecule has 5 nitrogen and oxygen atoms in total. The van der Waals surface area contributed by atoms with Gasteiger partial charge in [0.1, 0.15) is 0 Å². The summed E-state index contributed by atoms with van der Waals surface area (Å²) in [7, 11) is 0. The second-order valence-electron chi connectivity index (χ2n) is 4.84. The zero-order valence-corrected chi connectivity index (χ0v) is 10.8. The van der Waals surface area contributed by atoms with Crippen molar-refractivity contribution in [3.05, 3.63) is 17.5 Å². The predicted molar refractivity (Wildman–Crippen MR) is 66.4 cm³/mol. The Kier molecular flexibility index (Phi) is 4.36. The van der Waals surface area contributed by atoms with Crippen LogP contribution in [0.25, 0.3) is 0 Å². The summed E-state index contributed by atoms with van der Waals surface area (Å²) in [5, 5.41) is 12.3. The highest BCUT2D eigenvalue weighted by Crippen LogP contribution is 2.23. The Morgan fingerprint density at radius 1 is 1.50 bits per heavy atom. The van der Waals surface area contributed by atoms with Crippen LogP contribution in [0.5, 0.6) is 0 Å². The third kappa shape index (κ3) is 3.10. The number of hydrogen-bond donors (Lipinski definition) is 1. The van der Waals surface area contributed by atoms with Crippen LogP contribution in [0.4, 0.5) is 0 Å². The van der Waals surface area contributed by atoms with Crippen LogP contribution in [0.3, 0.4) is 0 Å². The van der Waals surface area contributed by atoms with E-state index in [1.54, 1.807) is 0 Å². The lowest BCUT2D eigenvalue weighted by Gasteiger charge is -2.32. The fourth-order valence-corrected chi connectivity index (χ4v) is 2.63. The van der Waals surface area contributed by atoms with Crippen LogP contribution in [0.15, 0.2) is 10.6 Å². The lowest BCUT2D eigenvalue weighted by Crippen LogP contribution is -2.35. The molecule has 0 aliphatic heterocycles. The molecule has 0 amide bonds. The normalized spacial score (nSPS) is 17.2. The SMILES string of the molecule is CCN(Cc1cc(C(=O)O)no1)C1CCCCC1. The molecule has 0 spiro atoms. The number of nitrogens with zero attached hydrogens (tertiary/aromatic N) is 2. The molecule has 18 heavy (non-hydrogen) atoms. The molecule has 0 aromatic carbocycles. The molecule has 1 fully saturated rings. The molecule has 1 aliphatic rings. The Balaban J connectivity index is 1.97. The summed E-state index contributed by atoms with van der Waals surface area (Å²) in [6, 6.07) is 2.12. The van der Waals surface area contributed by atoms with Gasteiger partial charge in [0, 0.05) is 12.1 Å². The Hall–Kier alpha value is -1.36. The van der Waals surface area contributed by atoms with Crippen molar-refractivity contribution in [2.75, 3.05) is 6.54 Å². The van der Waals surface area contributed by atoms with E-state index in [4.69, 9.17) is 9.63 Å². The zero-order chi connectivity index (χ0) is 13.0. The molecule has 0 radical (unpaired) electrons. The third-order valence-electron chi connectivity index (χ3n) is 3.63. The number of carbonyl (C=O) groups is 1. The Bertz CT molecular complexity index is 397. The van der Waals surface area contributed by atoms with Crippen molar-refractivity contribution in [1.29, 1.82) is 0 Å². The summed E-state index contributed by atoms with van der Waals surface area (Å²) in [5.41, 5.74) is -0.00954. The van der Waals surface area contributed by atoms with E-state index >= 15 is 0 Å². The van der Waals surface area contributed by atoms with Crippen molar-refractivity contribution < 1.29 is 14.4 Å². The molecule has 5 heteroatoms. The van der Waals surface area contributed by atoms with Crippen molar-refractivity contribution >= 4 is 5.97 Å². The van der Waals surface area contributed by atoms with E-state index in [0.717, 1.165) is 6.54 Å². The maximum Gasteiger partial charge on any atom is 0.358 e. The monoisotopic (exact) mass is 252 g/mol. The van der Waals surface area contributed by atoms with Gasteiger partial charge in [-0.05, 0) is 19.4 Å². The largest absolute Gasteiger partial charge is 0.476 e. The van der Waals surface area contributed by atoms with Gasteiger partial charge in [-0.25, -0.2) is 4.79 Å². The smallest absolute Gasteiger partial charge is 0.358 e. The van der Waals surface area contributed by atoms with Crippen LogP contribution in [0, 0.1) is 0 Å². The fourth-order valence-electron chi connectivity index (χ4n) is 2.63. The summed E-state index contributed by atoms with van der Waals surface area (Å²) in [6.45, 7) is 3.73. The van der Waals surface area contributed by atoms with E-state index in [1.165, 1.54) is 38.2 Å². The number of carboxylic acid groups (broad SMARTS) is 1. The van der Waals surface area contributed by atoms with Crippen molar-refractivity contribution in [1.82, 2.24) is 10.1 Å². The first-order valence-corrected chi connectivity index (χ1v) is 6.63. The lowest BCUT2D eigenvalue weighted by molar-refractivity contribution is 0.0685. The topological polar surface area (TPSA) is 66.6 Å². The standard InChI is InChI=1S/C13H20N2O3/c1-2-15(10-6-4-3-5-7-10)9-11-8-12(13(16)17)14-18-11/h8,10H,2-7,9H2,1H3,(H,16,17). The van der Waals surface area contributed by atoms with E-state index in [1.807, 2.05) is 0 Å². The summed E-state index contributed by atoms with van der Waals surface area (Å²) in [5.74, 6) is -0.398. The molecule has 0 saturated heterocycles. The second-order valence-corrected chi connectivity index (χ2v) is 4.84. The van der Waals surface area contributed by atoms with Gasteiger partial charge in [0.25, 0.3) is 0 Å². The van der Waals surface area contributed by atoms with Crippen LogP contribution in [0.2, 0.25) is 0 Å². The van der Waals surface area contributed by atoms with E-state index in [2.05, 4.69) is 17.0 Å². The van der Waals surface area contributed by atoms with Gasteiger partial charge in [-0.2, -0.15) is 0 Å². The van der Waals surface area contributed by atoms with Crippen molar-refractivity contribution in [3.8, 4) is 0 Å². The van der Waals surface area contributed by atoms with Gasteiger partial charge in [0.15, 0.2) is 11.5 Å². The highest BCUT2D eigenvalue weighted by Gasteiger charge is 2.21. The average molecular weight is 252 g/mol. The van der Waals surface area contributed by atoms with E-state index < -0.39 is 5.97 Å². The highest BCUT2D eigenvalue weighted by molar-refractivity contribution is 5.85. The first-order valence-electron chi connectivity index (χ1n) is 6.63. The second kappa shape index (κ2) is 6.00. The highest BCUT2D eigenvalue weighted by atomic mass is 16.5. The van der Waals surface area contributed by atoms with Crippen molar-refractivity contribution in [3.63, 3.8) is 0 Å². The molecular weight excluding hydrogens is 232 g/mol. The quantitative estimate of drug-likeness (QED) is 0.872. The molecule has 1 saturated carbocycles. The van der Waals surface area contributed by atoms with Gasteiger partial charge < -0.3 is 9.63 Å². The number of hydrogen-bond acceptors (Lipinski definition) is 4. The third-order valence-corrected chi connectivity index (χ3v) is 3.63. The molecule has 1 N–H and O–H groups in total. The minimum Gasteiger partial charge on any atom is -0.476 e. The van der Waals surface area contributed by atoms with E-state index in [9.17, 15) is 4.79 Å². The van der Waals surface area contributed by atoms with Crippen LogP contribution in [-0.4, -0.2) is 33.7 Å². The minimum atomic E-state index is -1.04. The summed E-state index contributed by atoms with van der Waals surface area (Å²) >= 11 is 0.